The minimum absolute atomic E-state index is 0.0446. The van der Waals surface area contributed by atoms with Crippen LogP contribution in [0, 0.1) is 5.82 Å². The third-order valence-corrected chi connectivity index (χ3v) is 3.89. The molecule has 1 aromatic heterocycles. The Bertz CT molecular complexity index is 715. The number of hydrogen-bond donors (Lipinski definition) is 2. The quantitative estimate of drug-likeness (QED) is 0.793. The molecule has 0 aliphatic rings. The largest absolute Gasteiger partial charge is 0.494 e. The monoisotopic (exact) mass is 354 g/mol. The maximum absolute atomic E-state index is 14.0. The van der Waals surface area contributed by atoms with Gasteiger partial charge in [0.2, 0.25) is 0 Å². The van der Waals surface area contributed by atoms with Gasteiger partial charge in [0.05, 0.1) is 24.8 Å². The maximum atomic E-state index is 14.0. The first-order chi connectivity index (χ1) is 11.5. The van der Waals surface area contributed by atoms with Crippen molar-refractivity contribution < 1.29 is 13.9 Å². The second-order valence-electron chi connectivity index (χ2n) is 5.16. The molecule has 130 valence electrons. The van der Waals surface area contributed by atoms with Crippen molar-refractivity contribution in [1.29, 1.82) is 0 Å². The van der Waals surface area contributed by atoms with E-state index in [1.807, 2.05) is 6.92 Å². The third kappa shape index (κ3) is 3.85. The highest BCUT2D eigenvalue weighted by Crippen LogP contribution is 2.36. The molecule has 2 aromatic rings. The van der Waals surface area contributed by atoms with Crippen LogP contribution in [0.5, 0.6) is 5.75 Å². The van der Waals surface area contributed by atoms with E-state index in [9.17, 15) is 4.39 Å². The van der Waals surface area contributed by atoms with E-state index in [-0.39, 0.29) is 16.8 Å². The molecule has 24 heavy (non-hydrogen) atoms. The van der Waals surface area contributed by atoms with Gasteiger partial charge >= 0.3 is 0 Å². The van der Waals surface area contributed by atoms with E-state index in [1.54, 1.807) is 7.11 Å². The Morgan fingerprint density at radius 3 is 2.71 bits per heavy atom. The molecule has 0 spiro atoms. The maximum Gasteiger partial charge on any atom is 0.165 e. The van der Waals surface area contributed by atoms with Crippen LogP contribution in [0.4, 0.5) is 15.9 Å². The number of hydrogen-bond acceptors (Lipinski definition) is 6. The number of rotatable bonds is 7. The number of anilines is 2. The van der Waals surface area contributed by atoms with Crippen LogP contribution in [-0.4, -0.2) is 36.8 Å². The summed E-state index contributed by atoms with van der Waals surface area (Å²) in [6.07, 6.45) is 2.18. The lowest BCUT2D eigenvalue weighted by Crippen LogP contribution is -2.25. The Kier molecular flexibility index (Phi) is 6.16. The van der Waals surface area contributed by atoms with E-state index in [4.69, 9.17) is 26.8 Å². The summed E-state index contributed by atoms with van der Waals surface area (Å²) in [7, 11) is 3.00. The normalized spacial score (nSPS) is 12.0. The zero-order chi connectivity index (χ0) is 17.7. The Balaban J connectivity index is 2.42. The third-order valence-electron chi connectivity index (χ3n) is 3.58. The average Bonchev–Trinajstić information content (AvgIpc) is 2.58. The first-order valence-corrected chi connectivity index (χ1v) is 7.78. The molecular weight excluding hydrogens is 335 g/mol. The van der Waals surface area contributed by atoms with E-state index in [0.717, 1.165) is 6.42 Å². The molecule has 2 rings (SSSR count). The molecule has 6 nitrogen and oxygen atoms in total. The Labute approximate surface area is 145 Å². The Morgan fingerprint density at radius 1 is 1.33 bits per heavy atom. The highest BCUT2D eigenvalue weighted by molar-refractivity contribution is 6.33. The molecule has 0 saturated carbocycles. The van der Waals surface area contributed by atoms with Gasteiger partial charge < -0.3 is 20.5 Å². The number of aromatic nitrogens is 2. The van der Waals surface area contributed by atoms with Gasteiger partial charge in [-0.3, -0.25) is 0 Å². The summed E-state index contributed by atoms with van der Waals surface area (Å²) < 4.78 is 24.1. The highest BCUT2D eigenvalue weighted by Gasteiger charge is 2.18. The number of methoxy groups -OCH3 is 2. The van der Waals surface area contributed by atoms with Crippen molar-refractivity contribution >= 4 is 23.1 Å². The molecule has 0 aliphatic carbocycles. The van der Waals surface area contributed by atoms with Crippen molar-refractivity contribution in [1.82, 2.24) is 9.97 Å². The summed E-state index contributed by atoms with van der Waals surface area (Å²) in [5, 5.41) is 3.49. The zero-order valence-electron chi connectivity index (χ0n) is 13.8. The molecule has 0 saturated heterocycles. The van der Waals surface area contributed by atoms with Gasteiger partial charge in [0.15, 0.2) is 17.4 Å². The van der Waals surface area contributed by atoms with Gasteiger partial charge in [-0.15, -0.1) is 0 Å². The number of nitrogens with zero attached hydrogens (tertiary/aromatic N) is 2. The molecule has 0 bridgehead atoms. The summed E-state index contributed by atoms with van der Waals surface area (Å²) in [6.45, 7) is 2.53. The van der Waals surface area contributed by atoms with Crippen LogP contribution in [0.2, 0.25) is 5.02 Å². The van der Waals surface area contributed by atoms with Crippen molar-refractivity contribution in [2.24, 2.45) is 0 Å². The first kappa shape index (κ1) is 18.2. The lowest BCUT2D eigenvalue weighted by atomic mass is 10.1. The first-order valence-electron chi connectivity index (χ1n) is 7.41. The van der Waals surface area contributed by atoms with Crippen LogP contribution in [0.3, 0.4) is 0 Å². The summed E-state index contributed by atoms with van der Waals surface area (Å²) >= 11 is 6.22. The number of ether oxygens (including phenoxy) is 2. The number of nitrogens with one attached hydrogen (secondary N) is 1. The zero-order valence-corrected chi connectivity index (χ0v) is 14.5. The molecule has 0 radical (unpaired) electrons. The molecule has 8 heteroatoms. The van der Waals surface area contributed by atoms with Crippen molar-refractivity contribution in [2.45, 2.75) is 19.4 Å². The second-order valence-corrected chi connectivity index (χ2v) is 5.56. The lowest BCUT2D eigenvalue weighted by Gasteiger charge is -2.19. The van der Waals surface area contributed by atoms with Gasteiger partial charge in [-0.25, -0.2) is 14.4 Å². The predicted molar refractivity (Wildman–Crippen MR) is 93.0 cm³/mol. The molecule has 3 N–H and O–H groups in total. The van der Waals surface area contributed by atoms with E-state index in [1.165, 1.54) is 25.6 Å². The number of nitrogen functional groups attached to an aromatic ring is 1. The van der Waals surface area contributed by atoms with Crippen LogP contribution in [0.25, 0.3) is 11.3 Å². The SMILES string of the molecule is CCC(COC)Nc1ncnc(-c2cc(F)c(OC)cc2Cl)c1N. The van der Waals surface area contributed by atoms with Crippen molar-refractivity contribution in [2.75, 3.05) is 31.9 Å². The van der Waals surface area contributed by atoms with Crippen molar-refractivity contribution in [3.8, 4) is 17.0 Å². The van der Waals surface area contributed by atoms with Gasteiger partial charge in [-0.1, -0.05) is 18.5 Å². The fourth-order valence-electron chi connectivity index (χ4n) is 2.25. The Hall–Kier alpha value is -2.12. The summed E-state index contributed by atoms with van der Waals surface area (Å²) in [5.74, 6) is -0.0349. The number of nitrogens with two attached hydrogens (primary N) is 1. The van der Waals surface area contributed by atoms with Gasteiger partial charge in [0.25, 0.3) is 0 Å². The summed E-state index contributed by atoms with van der Waals surface area (Å²) in [4.78, 5) is 8.30. The minimum atomic E-state index is -0.546. The molecule has 1 atom stereocenters. The average molecular weight is 355 g/mol. The number of benzene rings is 1. The van der Waals surface area contributed by atoms with Crippen molar-refractivity contribution in [3.05, 3.63) is 29.3 Å². The molecule has 1 aromatic carbocycles. The summed E-state index contributed by atoms with van der Waals surface area (Å²) in [5.41, 5.74) is 7.18. The second kappa shape index (κ2) is 8.12. The van der Waals surface area contributed by atoms with E-state index in [2.05, 4.69) is 15.3 Å². The van der Waals surface area contributed by atoms with Crippen LogP contribution >= 0.6 is 11.6 Å². The van der Waals surface area contributed by atoms with Crippen molar-refractivity contribution in [3.63, 3.8) is 0 Å². The summed E-state index contributed by atoms with van der Waals surface area (Å²) in [6, 6.07) is 2.68. The van der Waals surface area contributed by atoms with Gasteiger partial charge in [0.1, 0.15) is 17.7 Å². The van der Waals surface area contributed by atoms with Gasteiger partial charge in [0, 0.05) is 18.7 Å². The molecular formula is C16H20ClFN4O2. The van der Waals surface area contributed by atoms with Crippen LogP contribution in [-0.2, 0) is 4.74 Å². The fourth-order valence-corrected chi connectivity index (χ4v) is 2.49. The van der Waals surface area contributed by atoms with Gasteiger partial charge in [-0.05, 0) is 12.5 Å². The van der Waals surface area contributed by atoms with Crippen LogP contribution in [0.1, 0.15) is 13.3 Å². The molecule has 0 aliphatic heterocycles. The Morgan fingerprint density at radius 2 is 2.08 bits per heavy atom. The molecule has 0 fully saturated rings. The van der Waals surface area contributed by atoms with E-state index >= 15 is 0 Å². The van der Waals surface area contributed by atoms with E-state index in [0.29, 0.717) is 29.4 Å². The van der Waals surface area contributed by atoms with E-state index < -0.39 is 5.82 Å². The van der Waals surface area contributed by atoms with Crippen LogP contribution in [0.15, 0.2) is 18.5 Å². The standard InChI is InChI=1S/C16H20ClFN4O2/c1-4-9(7-23-2)22-16-14(19)15(20-8-21-16)10-5-12(18)13(24-3)6-11(10)17/h5-6,8-9H,4,7,19H2,1-3H3,(H,20,21,22). The molecule has 1 heterocycles. The topological polar surface area (TPSA) is 82.3 Å². The minimum Gasteiger partial charge on any atom is -0.494 e. The molecule has 0 amide bonds. The van der Waals surface area contributed by atoms with Crippen LogP contribution < -0.4 is 15.8 Å². The fraction of sp³-hybridized carbons (Fsp3) is 0.375. The lowest BCUT2D eigenvalue weighted by molar-refractivity contribution is 0.184. The molecule has 1 unspecified atom stereocenters. The van der Waals surface area contributed by atoms with Gasteiger partial charge in [-0.2, -0.15) is 0 Å². The highest BCUT2D eigenvalue weighted by atomic mass is 35.5. The smallest absolute Gasteiger partial charge is 0.165 e. The predicted octanol–water partition coefficient (Wildman–Crippen LogP) is 3.36. The number of halogens is 2.